The first-order valence-corrected chi connectivity index (χ1v) is 5.79. The molecule has 1 unspecified atom stereocenters. The summed E-state index contributed by atoms with van der Waals surface area (Å²) in [6.07, 6.45) is 1.22. The fourth-order valence-corrected chi connectivity index (χ4v) is 1.73. The fraction of sp³-hybridized carbons (Fsp3) is 0.417. The molecule has 0 saturated carbocycles. The quantitative estimate of drug-likeness (QED) is 0.853. The first-order valence-electron chi connectivity index (χ1n) is 5.42. The third-order valence-corrected chi connectivity index (χ3v) is 2.68. The van der Waals surface area contributed by atoms with Gasteiger partial charge in [0.05, 0.1) is 10.6 Å². The molecule has 0 fully saturated rings. The molecular formula is C12H15ClFNO2. The summed E-state index contributed by atoms with van der Waals surface area (Å²) in [6.45, 7) is 1.86. The summed E-state index contributed by atoms with van der Waals surface area (Å²) in [5.74, 6) is -1.16. The van der Waals surface area contributed by atoms with E-state index in [9.17, 15) is 9.18 Å². The number of hydrogen-bond donors (Lipinski definition) is 2. The summed E-state index contributed by atoms with van der Waals surface area (Å²) >= 11 is 5.77. The van der Waals surface area contributed by atoms with Gasteiger partial charge in [0.2, 0.25) is 0 Å². The molecule has 3 nitrogen and oxygen atoms in total. The molecule has 0 aliphatic heterocycles. The monoisotopic (exact) mass is 259 g/mol. The summed E-state index contributed by atoms with van der Waals surface area (Å²) in [7, 11) is 0. The molecule has 2 N–H and O–H groups in total. The Morgan fingerprint density at radius 1 is 1.59 bits per heavy atom. The van der Waals surface area contributed by atoms with Crippen LogP contribution in [0, 0.1) is 5.82 Å². The third kappa shape index (κ3) is 3.98. The molecule has 94 valence electrons. The number of benzene rings is 1. The van der Waals surface area contributed by atoms with E-state index in [0.29, 0.717) is 12.8 Å². The molecule has 1 aromatic rings. The molecular weight excluding hydrogens is 245 g/mol. The minimum absolute atomic E-state index is 0.0701. The minimum atomic E-state index is -0.635. The van der Waals surface area contributed by atoms with Crippen LogP contribution in [0.4, 0.5) is 4.39 Å². The molecule has 1 atom stereocenters. The van der Waals surface area contributed by atoms with E-state index in [-0.39, 0.29) is 23.2 Å². The van der Waals surface area contributed by atoms with Gasteiger partial charge in [-0.05, 0) is 31.9 Å². The van der Waals surface area contributed by atoms with Crippen LogP contribution in [0.2, 0.25) is 5.02 Å². The van der Waals surface area contributed by atoms with Crippen molar-refractivity contribution in [3.63, 3.8) is 0 Å². The number of carbonyl (C=O) groups excluding carboxylic acids is 1. The molecule has 0 heterocycles. The highest BCUT2D eigenvalue weighted by atomic mass is 35.5. The average molecular weight is 260 g/mol. The predicted molar refractivity (Wildman–Crippen MR) is 64.7 cm³/mol. The van der Waals surface area contributed by atoms with Crippen LogP contribution < -0.4 is 5.32 Å². The number of aliphatic hydroxyl groups excluding tert-OH is 1. The normalized spacial score (nSPS) is 12.2. The lowest BCUT2D eigenvalue weighted by Gasteiger charge is -2.14. The predicted octanol–water partition coefficient (Wildman–Crippen LogP) is 2.37. The van der Waals surface area contributed by atoms with Gasteiger partial charge in [0.1, 0.15) is 5.82 Å². The number of nitrogens with one attached hydrogen (secondary N) is 1. The summed E-state index contributed by atoms with van der Waals surface area (Å²) in [6, 6.07) is 3.98. The number of hydrogen-bond acceptors (Lipinski definition) is 2. The Kier molecular flexibility index (Phi) is 5.38. The number of aliphatic hydroxyl groups is 1. The van der Waals surface area contributed by atoms with Crippen LogP contribution in [0.15, 0.2) is 18.2 Å². The van der Waals surface area contributed by atoms with E-state index >= 15 is 0 Å². The second kappa shape index (κ2) is 6.57. The van der Waals surface area contributed by atoms with Gasteiger partial charge in [-0.1, -0.05) is 17.7 Å². The van der Waals surface area contributed by atoms with Crippen LogP contribution in [0.3, 0.4) is 0 Å². The molecule has 1 aromatic carbocycles. The van der Waals surface area contributed by atoms with Crippen LogP contribution >= 0.6 is 11.6 Å². The summed E-state index contributed by atoms with van der Waals surface area (Å²) in [5.41, 5.74) is -0.134. The summed E-state index contributed by atoms with van der Waals surface area (Å²) < 4.78 is 13.4. The molecule has 1 amide bonds. The summed E-state index contributed by atoms with van der Waals surface area (Å²) in [5, 5.41) is 11.4. The van der Waals surface area contributed by atoms with Crippen molar-refractivity contribution in [1.29, 1.82) is 0 Å². The van der Waals surface area contributed by atoms with Crippen molar-refractivity contribution in [1.82, 2.24) is 5.32 Å². The summed E-state index contributed by atoms with van der Waals surface area (Å²) in [4.78, 5) is 11.8. The van der Waals surface area contributed by atoms with Crippen LogP contribution in [0.5, 0.6) is 0 Å². The zero-order valence-electron chi connectivity index (χ0n) is 9.54. The van der Waals surface area contributed by atoms with E-state index < -0.39 is 11.7 Å². The second-order valence-electron chi connectivity index (χ2n) is 3.84. The van der Waals surface area contributed by atoms with Crippen molar-refractivity contribution in [2.45, 2.75) is 25.8 Å². The van der Waals surface area contributed by atoms with E-state index in [1.54, 1.807) is 6.92 Å². The number of carbonyl (C=O) groups is 1. The third-order valence-electron chi connectivity index (χ3n) is 2.36. The molecule has 0 saturated heterocycles. The van der Waals surface area contributed by atoms with Crippen LogP contribution in [0.1, 0.15) is 30.1 Å². The second-order valence-corrected chi connectivity index (χ2v) is 4.24. The number of amides is 1. The smallest absolute Gasteiger partial charge is 0.255 e. The largest absolute Gasteiger partial charge is 0.396 e. The maximum atomic E-state index is 13.4. The lowest BCUT2D eigenvalue weighted by Crippen LogP contribution is -2.33. The Balaban J connectivity index is 2.70. The maximum Gasteiger partial charge on any atom is 0.255 e. The Morgan fingerprint density at radius 3 is 2.88 bits per heavy atom. The van der Waals surface area contributed by atoms with E-state index in [1.807, 2.05) is 0 Å². The highest BCUT2D eigenvalue weighted by molar-refractivity contribution is 6.33. The van der Waals surface area contributed by atoms with Gasteiger partial charge >= 0.3 is 0 Å². The van der Waals surface area contributed by atoms with E-state index in [0.717, 1.165) is 0 Å². The molecule has 0 aliphatic rings. The highest BCUT2D eigenvalue weighted by Gasteiger charge is 2.17. The molecule has 0 spiro atoms. The van der Waals surface area contributed by atoms with Gasteiger partial charge in [-0.25, -0.2) is 4.39 Å². The van der Waals surface area contributed by atoms with Gasteiger partial charge in [0, 0.05) is 12.6 Å². The molecule has 17 heavy (non-hydrogen) atoms. The zero-order valence-corrected chi connectivity index (χ0v) is 10.3. The van der Waals surface area contributed by atoms with E-state index in [1.165, 1.54) is 18.2 Å². The first kappa shape index (κ1) is 13.9. The Morgan fingerprint density at radius 2 is 2.29 bits per heavy atom. The van der Waals surface area contributed by atoms with Crippen LogP contribution in [-0.4, -0.2) is 23.7 Å². The van der Waals surface area contributed by atoms with Gasteiger partial charge in [-0.15, -0.1) is 0 Å². The van der Waals surface area contributed by atoms with Crippen molar-refractivity contribution in [2.24, 2.45) is 0 Å². The first-order chi connectivity index (χ1) is 8.06. The Labute approximate surface area is 105 Å². The standard InChI is InChI=1S/C12H15ClFNO2/c1-8(4-3-7-16)15-12(17)11-9(13)5-2-6-10(11)14/h2,5-6,8,16H,3-4,7H2,1H3,(H,15,17). The lowest BCUT2D eigenvalue weighted by molar-refractivity contribution is 0.0932. The molecule has 5 heteroatoms. The van der Waals surface area contributed by atoms with E-state index in [4.69, 9.17) is 16.7 Å². The van der Waals surface area contributed by atoms with Gasteiger partial charge in [-0.2, -0.15) is 0 Å². The van der Waals surface area contributed by atoms with E-state index in [2.05, 4.69) is 5.32 Å². The Hall–Kier alpha value is -1.13. The molecule has 0 aromatic heterocycles. The van der Waals surface area contributed by atoms with Crippen LogP contribution in [0.25, 0.3) is 0 Å². The fourth-order valence-electron chi connectivity index (χ4n) is 1.48. The Bertz CT molecular complexity index is 378. The van der Waals surface area contributed by atoms with Gasteiger partial charge in [0.25, 0.3) is 5.91 Å². The van der Waals surface area contributed by atoms with Crippen molar-refractivity contribution in [3.05, 3.63) is 34.6 Å². The molecule has 1 rings (SSSR count). The van der Waals surface area contributed by atoms with Crippen molar-refractivity contribution in [3.8, 4) is 0 Å². The number of rotatable bonds is 5. The molecule has 0 radical (unpaired) electrons. The van der Waals surface area contributed by atoms with Gasteiger partial charge in [-0.3, -0.25) is 4.79 Å². The molecule has 0 bridgehead atoms. The average Bonchev–Trinajstić information content (AvgIpc) is 2.26. The van der Waals surface area contributed by atoms with Gasteiger partial charge in [0.15, 0.2) is 0 Å². The molecule has 0 aliphatic carbocycles. The lowest BCUT2D eigenvalue weighted by atomic mass is 10.1. The van der Waals surface area contributed by atoms with Crippen molar-refractivity contribution in [2.75, 3.05) is 6.61 Å². The SMILES string of the molecule is CC(CCCO)NC(=O)c1c(F)cccc1Cl. The van der Waals surface area contributed by atoms with Crippen LogP contribution in [-0.2, 0) is 0 Å². The minimum Gasteiger partial charge on any atom is -0.396 e. The highest BCUT2D eigenvalue weighted by Crippen LogP contribution is 2.18. The zero-order chi connectivity index (χ0) is 12.8. The van der Waals surface area contributed by atoms with Gasteiger partial charge < -0.3 is 10.4 Å². The van der Waals surface area contributed by atoms with Crippen molar-refractivity contribution < 1.29 is 14.3 Å². The van der Waals surface area contributed by atoms with Crippen molar-refractivity contribution >= 4 is 17.5 Å². The number of halogens is 2. The maximum absolute atomic E-state index is 13.4. The topological polar surface area (TPSA) is 49.3 Å².